The van der Waals surface area contributed by atoms with E-state index in [4.69, 9.17) is 5.14 Å². The highest BCUT2D eigenvalue weighted by Gasteiger charge is 2.19. The molecule has 8 heteroatoms. The van der Waals surface area contributed by atoms with E-state index in [0.717, 1.165) is 26.1 Å². The van der Waals surface area contributed by atoms with Crippen molar-refractivity contribution in [1.82, 2.24) is 4.90 Å². The molecule has 146 valence electrons. The Kier molecular flexibility index (Phi) is 7.13. The summed E-state index contributed by atoms with van der Waals surface area (Å²) in [7, 11) is -2.06. The number of amides is 1. The molecule has 0 aliphatic rings. The number of nitrogens with zero attached hydrogens (tertiary/aromatic N) is 1. The lowest BCUT2D eigenvalue weighted by Crippen LogP contribution is -2.31. The van der Waals surface area contributed by atoms with Gasteiger partial charge in [-0.05, 0) is 61.7 Å². The molecule has 0 aliphatic carbocycles. The molecular weight excluding hydrogens is 448 g/mol. The average Bonchev–Trinajstić information content (AvgIpc) is 2.61. The summed E-state index contributed by atoms with van der Waals surface area (Å²) in [4.78, 5) is 15.4. The van der Waals surface area contributed by atoms with E-state index in [9.17, 15) is 13.2 Å². The second-order valence-electron chi connectivity index (χ2n) is 6.45. The molecule has 2 aromatic rings. The number of carbonyl (C=O) groups excluding carboxylic acids is 1. The van der Waals surface area contributed by atoms with E-state index in [2.05, 4.69) is 22.0 Å². The monoisotopic (exact) mass is 470 g/mol. The van der Waals surface area contributed by atoms with Crippen LogP contribution in [0.25, 0.3) is 0 Å². The van der Waals surface area contributed by atoms with E-state index in [-0.39, 0.29) is 16.8 Å². The lowest BCUT2D eigenvalue weighted by atomic mass is 10.1. The van der Waals surface area contributed by atoms with Crippen molar-refractivity contribution >= 4 is 43.6 Å². The van der Waals surface area contributed by atoms with Crippen LogP contribution in [0.5, 0.6) is 0 Å². The Hall–Kier alpha value is -1.35. The SMILES string of the molecule is Cc1cc(SCC(=O)N(C)C(C)c2cccc(S(N)(=O)=O)c2)c(C)cc1Br. The van der Waals surface area contributed by atoms with Crippen molar-refractivity contribution < 1.29 is 13.2 Å². The molecule has 0 fully saturated rings. The molecule has 1 amide bonds. The highest BCUT2D eigenvalue weighted by atomic mass is 79.9. The second kappa shape index (κ2) is 8.77. The van der Waals surface area contributed by atoms with E-state index >= 15 is 0 Å². The summed E-state index contributed by atoms with van der Waals surface area (Å²) in [6, 6.07) is 10.2. The predicted molar refractivity (Wildman–Crippen MR) is 113 cm³/mol. The number of sulfonamides is 1. The molecule has 2 N–H and O–H groups in total. The first-order valence-electron chi connectivity index (χ1n) is 8.28. The number of hydrogen-bond donors (Lipinski definition) is 1. The normalized spacial score (nSPS) is 12.7. The van der Waals surface area contributed by atoms with E-state index in [0.29, 0.717) is 5.75 Å². The second-order valence-corrected chi connectivity index (χ2v) is 9.89. The molecule has 5 nitrogen and oxygen atoms in total. The summed E-state index contributed by atoms with van der Waals surface area (Å²) in [5.74, 6) is 0.269. The highest BCUT2D eigenvalue weighted by molar-refractivity contribution is 9.10. The molecule has 1 atom stereocenters. The zero-order valence-electron chi connectivity index (χ0n) is 15.7. The molecule has 0 saturated heterocycles. The maximum Gasteiger partial charge on any atom is 0.238 e. The van der Waals surface area contributed by atoms with Gasteiger partial charge in [0.25, 0.3) is 0 Å². The van der Waals surface area contributed by atoms with Crippen LogP contribution in [0.1, 0.15) is 29.7 Å². The summed E-state index contributed by atoms with van der Waals surface area (Å²) in [5, 5.41) is 5.20. The third-order valence-corrected chi connectivity index (χ3v) is 7.36. The Morgan fingerprint density at radius 1 is 1.22 bits per heavy atom. The van der Waals surface area contributed by atoms with Gasteiger partial charge >= 0.3 is 0 Å². The lowest BCUT2D eigenvalue weighted by molar-refractivity contribution is -0.128. The zero-order valence-corrected chi connectivity index (χ0v) is 18.9. The Balaban J connectivity index is 2.10. The lowest BCUT2D eigenvalue weighted by Gasteiger charge is -2.25. The van der Waals surface area contributed by atoms with Crippen LogP contribution < -0.4 is 5.14 Å². The molecule has 0 spiro atoms. The van der Waals surface area contributed by atoms with Crippen molar-refractivity contribution in [3.63, 3.8) is 0 Å². The van der Waals surface area contributed by atoms with Crippen molar-refractivity contribution in [2.75, 3.05) is 12.8 Å². The van der Waals surface area contributed by atoms with Crippen LogP contribution >= 0.6 is 27.7 Å². The molecule has 0 aliphatic heterocycles. The van der Waals surface area contributed by atoms with Gasteiger partial charge in [0.2, 0.25) is 15.9 Å². The summed E-state index contributed by atoms with van der Waals surface area (Å²) in [6.07, 6.45) is 0. The largest absolute Gasteiger partial charge is 0.338 e. The van der Waals surface area contributed by atoms with Gasteiger partial charge in [-0.2, -0.15) is 0 Å². The van der Waals surface area contributed by atoms with Crippen LogP contribution in [0.2, 0.25) is 0 Å². The number of thioether (sulfide) groups is 1. The van der Waals surface area contributed by atoms with Gasteiger partial charge in [0, 0.05) is 16.4 Å². The standard InChI is InChI=1S/C19H23BrN2O3S2/c1-12-9-18(13(2)8-17(12)20)26-11-19(23)22(4)14(3)15-6-5-7-16(10-15)27(21,24)25/h5-10,14H,11H2,1-4H3,(H2,21,24,25). The number of aryl methyl sites for hydroxylation is 2. The quantitative estimate of drug-likeness (QED) is 0.646. The van der Waals surface area contributed by atoms with Crippen molar-refractivity contribution in [2.24, 2.45) is 5.14 Å². The number of benzene rings is 2. The van der Waals surface area contributed by atoms with Gasteiger partial charge in [0.1, 0.15) is 0 Å². The van der Waals surface area contributed by atoms with Crippen molar-refractivity contribution in [3.8, 4) is 0 Å². The molecule has 0 aromatic heterocycles. The van der Waals surface area contributed by atoms with E-state index in [1.165, 1.54) is 23.9 Å². The van der Waals surface area contributed by atoms with Crippen LogP contribution in [-0.2, 0) is 14.8 Å². The van der Waals surface area contributed by atoms with E-state index in [1.54, 1.807) is 24.1 Å². The number of primary sulfonamides is 1. The number of rotatable bonds is 6. The summed E-state index contributed by atoms with van der Waals surface area (Å²) in [6.45, 7) is 5.89. The summed E-state index contributed by atoms with van der Waals surface area (Å²) in [5.41, 5.74) is 2.96. The molecular formula is C19H23BrN2O3S2. The first kappa shape index (κ1) is 21.9. The molecule has 1 unspecified atom stereocenters. The smallest absolute Gasteiger partial charge is 0.238 e. The Morgan fingerprint density at radius 3 is 2.52 bits per heavy atom. The fraction of sp³-hybridized carbons (Fsp3) is 0.316. The Morgan fingerprint density at radius 2 is 1.89 bits per heavy atom. The van der Waals surface area contributed by atoms with Gasteiger partial charge in [-0.25, -0.2) is 13.6 Å². The number of carbonyl (C=O) groups is 1. The molecule has 0 heterocycles. The third kappa shape index (κ3) is 5.57. The van der Waals surface area contributed by atoms with Crippen molar-refractivity contribution in [1.29, 1.82) is 0 Å². The third-order valence-electron chi connectivity index (χ3n) is 4.45. The average molecular weight is 471 g/mol. The number of nitrogens with two attached hydrogens (primary N) is 1. The van der Waals surface area contributed by atoms with E-state index in [1.807, 2.05) is 26.8 Å². The van der Waals surface area contributed by atoms with Crippen LogP contribution in [0.3, 0.4) is 0 Å². The molecule has 0 bridgehead atoms. The van der Waals surface area contributed by atoms with Crippen LogP contribution in [0, 0.1) is 13.8 Å². The van der Waals surface area contributed by atoms with Gasteiger partial charge in [0.15, 0.2) is 0 Å². The summed E-state index contributed by atoms with van der Waals surface area (Å²) < 4.78 is 24.1. The van der Waals surface area contributed by atoms with Gasteiger partial charge in [-0.1, -0.05) is 28.1 Å². The van der Waals surface area contributed by atoms with Crippen molar-refractivity contribution in [2.45, 2.75) is 36.6 Å². The first-order chi connectivity index (χ1) is 12.5. The van der Waals surface area contributed by atoms with Gasteiger partial charge < -0.3 is 4.90 Å². The minimum absolute atomic E-state index is 0.0338. The van der Waals surface area contributed by atoms with Crippen LogP contribution in [0.15, 0.2) is 50.7 Å². The minimum Gasteiger partial charge on any atom is -0.338 e. The van der Waals surface area contributed by atoms with Gasteiger partial charge in [-0.15, -0.1) is 11.8 Å². The topological polar surface area (TPSA) is 80.5 Å². The van der Waals surface area contributed by atoms with Gasteiger partial charge in [0.05, 0.1) is 16.7 Å². The van der Waals surface area contributed by atoms with E-state index < -0.39 is 10.0 Å². The maximum absolute atomic E-state index is 12.6. The predicted octanol–water partition coefficient (Wildman–Crippen LogP) is 4.03. The Labute approximate surface area is 173 Å². The van der Waals surface area contributed by atoms with Crippen molar-refractivity contribution in [3.05, 3.63) is 57.6 Å². The molecule has 0 radical (unpaired) electrons. The minimum atomic E-state index is -3.77. The highest BCUT2D eigenvalue weighted by Crippen LogP contribution is 2.29. The summed E-state index contributed by atoms with van der Waals surface area (Å²) >= 11 is 5.01. The molecule has 2 aromatic carbocycles. The molecule has 2 rings (SSSR count). The molecule has 0 saturated carbocycles. The first-order valence-corrected chi connectivity index (χ1v) is 11.6. The number of halogens is 1. The zero-order chi connectivity index (χ0) is 20.4. The van der Waals surface area contributed by atoms with Crippen LogP contribution in [0.4, 0.5) is 0 Å². The fourth-order valence-electron chi connectivity index (χ4n) is 2.54. The van der Waals surface area contributed by atoms with Gasteiger partial charge in [-0.3, -0.25) is 4.79 Å². The molecule has 27 heavy (non-hydrogen) atoms. The Bertz CT molecular complexity index is 961. The maximum atomic E-state index is 12.6. The van der Waals surface area contributed by atoms with Crippen LogP contribution in [-0.4, -0.2) is 32.0 Å². The number of hydrogen-bond acceptors (Lipinski definition) is 4. The fourth-order valence-corrected chi connectivity index (χ4v) is 4.60.